The van der Waals surface area contributed by atoms with Gasteiger partial charge < -0.3 is 16.2 Å². The summed E-state index contributed by atoms with van der Waals surface area (Å²) in [6.07, 6.45) is 8.36. The molecule has 6 rings (SSSR count). The van der Waals surface area contributed by atoms with Crippen LogP contribution >= 0.6 is 0 Å². The molecule has 0 radical (unpaired) electrons. The first-order chi connectivity index (χ1) is 11.6. The van der Waals surface area contributed by atoms with Crippen LogP contribution in [0.25, 0.3) is 10.9 Å². The lowest BCUT2D eigenvalue weighted by Gasteiger charge is -2.56. The zero-order valence-corrected chi connectivity index (χ0v) is 13.9. The molecular weight excluding hydrogens is 300 g/mol. The van der Waals surface area contributed by atoms with E-state index in [2.05, 4.69) is 9.97 Å². The van der Waals surface area contributed by atoms with Crippen LogP contribution in [0.2, 0.25) is 0 Å². The van der Waals surface area contributed by atoms with Crippen molar-refractivity contribution in [3.05, 3.63) is 18.2 Å². The lowest BCUT2D eigenvalue weighted by Crippen LogP contribution is -2.48. The van der Waals surface area contributed by atoms with Crippen molar-refractivity contribution in [3.63, 3.8) is 0 Å². The van der Waals surface area contributed by atoms with Gasteiger partial charge in [0.15, 0.2) is 0 Å². The summed E-state index contributed by atoms with van der Waals surface area (Å²) in [6, 6.07) is 5.82. The lowest BCUT2D eigenvalue weighted by atomic mass is 9.50. The first kappa shape index (κ1) is 14.3. The molecule has 1 heterocycles. The second-order valence-corrected chi connectivity index (χ2v) is 8.32. The highest BCUT2D eigenvalue weighted by Crippen LogP contribution is 2.60. The quantitative estimate of drug-likeness (QED) is 0.903. The summed E-state index contributed by atoms with van der Waals surface area (Å²) in [5, 5.41) is 0.788. The number of anilines is 2. The molecule has 0 atom stereocenters. The van der Waals surface area contributed by atoms with Crippen molar-refractivity contribution in [2.75, 3.05) is 18.1 Å². The molecular formula is C19H24N4O. The Balaban J connectivity index is 1.44. The van der Waals surface area contributed by atoms with Crippen molar-refractivity contribution < 1.29 is 4.74 Å². The number of hydrogen-bond donors (Lipinski definition) is 2. The Labute approximate surface area is 141 Å². The zero-order chi connectivity index (χ0) is 16.3. The van der Waals surface area contributed by atoms with E-state index >= 15 is 0 Å². The summed E-state index contributed by atoms with van der Waals surface area (Å²) in [4.78, 5) is 8.38. The Hall–Kier alpha value is -2.04. The second-order valence-electron chi connectivity index (χ2n) is 8.32. The summed E-state index contributed by atoms with van der Waals surface area (Å²) in [6.45, 7) is 0.791. The largest absolute Gasteiger partial charge is 0.492 e. The molecule has 2 aromatic rings. The average molecular weight is 324 g/mol. The number of nitrogens with zero attached hydrogens (tertiary/aromatic N) is 2. The van der Waals surface area contributed by atoms with Crippen LogP contribution in [0, 0.1) is 23.2 Å². The summed E-state index contributed by atoms with van der Waals surface area (Å²) in [5.41, 5.74) is 12.9. The molecule has 0 aliphatic heterocycles. The van der Waals surface area contributed by atoms with Crippen LogP contribution in [0.4, 0.5) is 11.8 Å². The minimum absolute atomic E-state index is 0.207. The number of ether oxygens (including phenoxy) is 1. The molecule has 4 bridgehead atoms. The second kappa shape index (κ2) is 4.98. The van der Waals surface area contributed by atoms with Gasteiger partial charge in [0, 0.05) is 5.41 Å². The zero-order valence-electron chi connectivity index (χ0n) is 13.9. The normalized spacial score (nSPS) is 33.9. The molecule has 1 aromatic heterocycles. The molecule has 24 heavy (non-hydrogen) atoms. The monoisotopic (exact) mass is 324 g/mol. The van der Waals surface area contributed by atoms with Crippen molar-refractivity contribution >= 4 is 22.7 Å². The Bertz CT molecular complexity index is 768. The van der Waals surface area contributed by atoms with Crippen LogP contribution in [-0.4, -0.2) is 16.6 Å². The van der Waals surface area contributed by atoms with Crippen molar-refractivity contribution in [2.45, 2.75) is 38.5 Å². The smallest absolute Gasteiger partial charge is 0.222 e. The maximum Gasteiger partial charge on any atom is 0.222 e. The van der Waals surface area contributed by atoms with E-state index in [4.69, 9.17) is 16.2 Å². The van der Waals surface area contributed by atoms with E-state index in [-0.39, 0.29) is 5.95 Å². The molecule has 0 amide bonds. The van der Waals surface area contributed by atoms with Crippen LogP contribution in [0.1, 0.15) is 38.5 Å². The number of aromatic nitrogens is 2. The molecule has 4 N–H and O–H groups in total. The summed E-state index contributed by atoms with van der Waals surface area (Å²) in [5.74, 6) is 4.19. The Morgan fingerprint density at radius 3 is 2.33 bits per heavy atom. The van der Waals surface area contributed by atoms with E-state index in [1.54, 1.807) is 0 Å². The van der Waals surface area contributed by atoms with Crippen LogP contribution < -0.4 is 16.2 Å². The van der Waals surface area contributed by atoms with Crippen molar-refractivity contribution in [2.24, 2.45) is 23.2 Å². The van der Waals surface area contributed by atoms with E-state index in [1.807, 2.05) is 18.2 Å². The first-order valence-corrected chi connectivity index (χ1v) is 9.05. The highest BCUT2D eigenvalue weighted by molar-refractivity contribution is 5.94. The molecule has 4 aliphatic rings. The maximum absolute atomic E-state index is 6.32. The third kappa shape index (κ3) is 2.21. The third-order valence-corrected chi connectivity index (χ3v) is 6.43. The van der Waals surface area contributed by atoms with Crippen LogP contribution in [0.15, 0.2) is 18.2 Å². The molecule has 126 valence electrons. The summed E-state index contributed by atoms with van der Waals surface area (Å²) in [7, 11) is 0. The summed E-state index contributed by atoms with van der Waals surface area (Å²) < 4.78 is 6.32. The van der Waals surface area contributed by atoms with E-state index in [9.17, 15) is 0 Å². The Kier molecular flexibility index (Phi) is 2.97. The fourth-order valence-corrected chi connectivity index (χ4v) is 6.02. The standard InChI is InChI=1S/C19H24N4O/c20-17-16-14(22-18(21)23-17)2-1-3-15(16)24-10-19-7-11-4-12(8-19)6-13(5-11)9-19/h1-3,11-13H,4-10H2,(H4,20,21,22,23). The number of nitrogen functional groups attached to an aromatic ring is 2. The SMILES string of the molecule is Nc1nc(N)c2c(OCC34CC5CC(CC(C5)C3)C4)cccc2n1. The van der Waals surface area contributed by atoms with E-state index in [1.165, 1.54) is 38.5 Å². The Morgan fingerprint density at radius 1 is 1.00 bits per heavy atom. The minimum Gasteiger partial charge on any atom is -0.492 e. The number of benzene rings is 1. The Morgan fingerprint density at radius 2 is 1.67 bits per heavy atom. The lowest BCUT2D eigenvalue weighted by molar-refractivity contribution is -0.0743. The molecule has 0 unspecified atom stereocenters. The maximum atomic E-state index is 6.32. The van der Waals surface area contributed by atoms with Gasteiger partial charge in [-0.1, -0.05) is 6.07 Å². The first-order valence-electron chi connectivity index (χ1n) is 9.05. The van der Waals surface area contributed by atoms with Crippen molar-refractivity contribution in [3.8, 4) is 5.75 Å². The van der Waals surface area contributed by atoms with Gasteiger partial charge in [0.2, 0.25) is 5.95 Å². The third-order valence-electron chi connectivity index (χ3n) is 6.43. The minimum atomic E-state index is 0.207. The van der Waals surface area contributed by atoms with Gasteiger partial charge >= 0.3 is 0 Å². The van der Waals surface area contributed by atoms with E-state index in [0.717, 1.165) is 41.0 Å². The van der Waals surface area contributed by atoms with Gasteiger partial charge in [0.05, 0.1) is 17.5 Å². The average Bonchev–Trinajstić information content (AvgIpc) is 2.51. The van der Waals surface area contributed by atoms with Crippen LogP contribution in [0.3, 0.4) is 0 Å². The molecule has 1 aromatic carbocycles. The molecule has 4 aliphatic carbocycles. The molecule has 4 fully saturated rings. The highest BCUT2D eigenvalue weighted by Gasteiger charge is 2.51. The van der Waals surface area contributed by atoms with Gasteiger partial charge in [-0.15, -0.1) is 0 Å². The van der Waals surface area contributed by atoms with Gasteiger partial charge in [-0.05, 0) is 68.4 Å². The predicted octanol–water partition coefficient (Wildman–Crippen LogP) is 3.39. The van der Waals surface area contributed by atoms with Crippen LogP contribution in [0.5, 0.6) is 5.75 Å². The van der Waals surface area contributed by atoms with E-state index < -0.39 is 0 Å². The molecule has 5 heteroatoms. The van der Waals surface area contributed by atoms with E-state index in [0.29, 0.717) is 11.2 Å². The molecule has 5 nitrogen and oxygen atoms in total. The highest BCUT2D eigenvalue weighted by atomic mass is 16.5. The fourth-order valence-electron chi connectivity index (χ4n) is 6.02. The topological polar surface area (TPSA) is 87.0 Å². The van der Waals surface area contributed by atoms with Gasteiger partial charge in [0.1, 0.15) is 11.6 Å². The predicted molar refractivity (Wildman–Crippen MR) is 94.5 cm³/mol. The molecule has 4 saturated carbocycles. The number of nitrogens with two attached hydrogens (primary N) is 2. The summed E-state index contributed by atoms with van der Waals surface area (Å²) >= 11 is 0. The van der Waals surface area contributed by atoms with Gasteiger partial charge in [-0.2, -0.15) is 4.98 Å². The van der Waals surface area contributed by atoms with Gasteiger partial charge in [0.25, 0.3) is 0 Å². The van der Waals surface area contributed by atoms with Gasteiger partial charge in [-0.25, -0.2) is 4.98 Å². The number of rotatable bonds is 3. The van der Waals surface area contributed by atoms with Gasteiger partial charge in [-0.3, -0.25) is 0 Å². The molecule has 0 spiro atoms. The van der Waals surface area contributed by atoms with Crippen LogP contribution in [-0.2, 0) is 0 Å². The number of hydrogen-bond acceptors (Lipinski definition) is 5. The van der Waals surface area contributed by atoms with Crippen molar-refractivity contribution in [1.29, 1.82) is 0 Å². The number of fused-ring (bicyclic) bond motifs is 1. The fraction of sp³-hybridized carbons (Fsp3) is 0.579. The molecule has 0 saturated heterocycles. The van der Waals surface area contributed by atoms with Crippen molar-refractivity contribution in [1.82, 2.24) is 9.97 Å².